The molecule has 1 aromatic carbocycles. The van der Waals surface area contributed by atoms with Crippen LogP contribution in [0.15, 0.2) is 21.1 Å². The lowest BCUT2D eigenvalue weighted by Crippen LogP contribution is -2.40. The second-order valence-electron chi connectivity index (χ2n) is 4.53. The van der Waals surface area contributed by atoms with E-state index in [9.17, 15) is 5.11 Å². The van der Waals surface area contributed by atoms with Crippen molar-refractivity contribution in [3.05, 3.63) is 26.6 Å². The predicted molar refractivity (Wildman–Crippen MR) is 79.3 cm³/mol. The van der Waals surface area contributed by atoms with Crippen molar-refractivity contribution >= 4 is 31.9 Å². The lowest BCUT2D eigenvalue weighted by Gasteiger charge is -2.28. The molecule has 0 fully saturated rings. The van der Waals surface area contributed by atoms with E-state index in [0.29, 0.717) is 0 Å². The van der Waals surface area contributed by atoms with Crippen molar-refractivity contribution in [2.75, 3.05) is 0 Å². The van der Waals surface area contributed by atoms with E-state index in [2.05, 4.69) is 57.9 Å². The molecule has 0 bridgehead atoms. The van der Waals surface area contributed by atoms with E-state index in [1.807, 2.05) is 12.1 Å². The van der Waals surface area contributed by atoms with E-state index in [1.54, 1.807) is 0 Å². The SMILES string of the molecule is CCC(C)(CC)NCc1cc(Br)c(O)c(Br)c1. The summed E-state index contributed by atoms with van der Waals surface area (Å²) in [6.07, 6.45) is 2.20. The maximum Gasteiger partial charge on any atom is 0.143 e. The summed E-state index contributed by atoms with van der Waals surface area (Å²) in [4.78, 5) is 0. The number of nitrogens with one attached hydrogen (secondary N) is 1. The van der Waals surface area contributed by atoms with Crippen LogP contribution >= 0.6 is 31.9 Å². The standard InChI is InChI=1S/C13H19Br2NO/c1-4-13(3,5-2)16-8-9-6-10(14)12(17)11(15)7-9/h6-7,16-17H,4-5,8H2,1-3H3. The molecule has 0 spiro atoms. The Balaban J connectivity index is 2.76. The fourth-order valence-corrected chi connectivity index (χ4v) is 2.82. The topological polar surface area (TPSA) is 32.3 Å². The number of rotatable bonds is 5. The molecule has 0 radical (unpaired) electrons. The Morgan fingerprint density at radius 1 is 1.18 bits per heavy atom. The van der Waals surface area contributed by atoms with Gasteiger partial charge >= 0.3 is 0 Å². The molecule has 0 unspecified atom stereocenters. The molecule has 1 aromatic rings. The maximum absolute atomic E-state index is 9.64. The Labute approximate surface area is 120 Å². The van der Waals surface area contributed by atoms with Crippen LogP contribution in [0.5, 0.6) is 5.75 Å². The minimum Gasteiger partial charge on any atom is -0.506 e. The highest BCUT2D eigenvalue weighted by atomic mass is 79.9. The Kier molecular flexibility index (Phi) is 5.48. The van der Waals surface area contributed by atoms with Crippen molar-refractivity contribution in [3.63, 3.8) is 0 Å². The largest absolute Gasteiger partial charge is 0.506 e. The average Bonchev–Trinajstić information content (AvgIpc) is 2.32. The van der Waals surface area contributed by atoms with Crippen molar-refractivity contribution in [1.29, 1.82) is 0 Å². The Morgan fingerprint density at radius 2 is 1.65 bits per heavy atom. The summed E-state index contributed by atoms with van der Waals surface area (Å²) in [7, 11) is 0. The smallest absolute Gasteiger partial charge is 0.143 e. The molecule has 2 nitrogen and oxygen atoms in total. The molecule has 17 heavy (non-hydrogen) atoms. The zero-order chi connectivity index (χ0) is 13.1. The molecule has 0 atom stereocenters. The molecule has 4 heteroatoms. The molecule has 1 rings (SSSR count). The number of hydrogen-bond acceptors (Lipinski definition) is 2. The van der Waals surface area contributed by atoms with Gasteiger partial charge in [-0.15, -0.1) is 0 Å². The molecule has 0 heterocycles. The number of phenols is 1. The van der Waals surface area contributed by atoms with Gasteiger partial charge in [0.2, 0.25) is 0 Å². The first kappa shape index (κ1) is 15.0. The fraction of sp³-hybridized carbons (Fsp3) is 0.538. The monoisotopic (exact) mass is 363 g/mol. The minimum absolute atomic E-state index is 0.177. The first-order chi connectivity index (χ1) is 7.91. The Bertz CT molecular complexity index is 366. The zero-order valence-electron chi connectivity index (χ0n) is 10.5. The molecule has 0 aliphatic heterocycles. The lowest BCUT2D eigenvalue weighted by molar-refractivity contribution is 0.329. The van der Waals surface area contributed by atoms with E-state index in [-0.39, 0.29) is 11.3 Å². The molecule has 0 aliphatic rings. The third-order valence-electron chi connectivity index (χ3n) is 3.36. The number of aromatic hydroxyl groups is 1. The highest BCUT2D eigenvalue weighted by Gasteiger charge is 2.18. The molecule has 0 saturated heterocycles. The van der Waals surface area contributed by atoms with Gasteiger partial charge in [-0.2, -0.15) is 0 Å². The van der Waals surface area contributed by atoms with Crippen molar-refractivity contribution < 1.29 is 5.11 Å². The van der Waals surface area contributed by atoms with E-state index in [1.165, 1.54) is 0 Å². The summed E-state index contributed by atoms with van der Waals surface area (Å²) in [5.41, 5.74) is 1.33. The highest BCUT2D eigenvalue weighted by molar-refractivity contribution is 9.11. The molecular formula is C13H19Br2NO. The summed E-state index contributed by atoms with van der Waals surface area (Å²) in [6, 6.07) is 3.89. The normalized spacial score (nSPS) is 11.8. The van der Waals surface area contributed by atoms with Crippen molar-refractivity contribution in [1.82, 2.24) is 5.32 Å². The van der Waals surface area contributed by atoms with Crippen LogP contribution in [0.4, 0.5) is 0 Å². The van der Waals surface area contributed by atoms with Crippen LogP contribution in [-0.4, -0.2) is 10.6 Å². The zero-order valence-corrected chi connectivity index (χ0v) is 13.7. The average molecular weight is 365 g/mol. The first-order valence-electron chi connectivity index (χ1n) is 5.83. The van der Waals surface area contributed by atoms with Crippen LogP contribution in [0, 0.1) is 0 Å². The van der Waals surface area contributed by atoms with Crippen LogP contribution in [-0.2, 0) is 6.54 Å². The summed E-state index contributed by atoms with van der Waals surface area (Å²) in [5.74, 6) is 0.252. The second-order valence-corrected chi connectivity index (χ2v) is 6.24. The van der Waals surface area contributed by atoms with Crippen LogP contribution in [0.3, 0.4) is 0 Å². The molecule has 0 amide bonds. The molecule has 0 saturated carbocycles. The van der Waals surface area contributed by atoms with Crippen molar-refractivity contribution in [3.8, 4) is 5.75 Å². The van der Waals surface area contributed by atoms with E-state index < -0.39 is 0 Å². The lowest BCUT2D eigenvalue weighted by atomic mass is 9.95. The maximum atomic E-state index is 9.64. The van der Waals surface area contributed by atoms with E-state index in [4.69, 9.17) is 0 Å². The van der Waals surface area contributed by atoms with Gasteiger partial charge in [0.05, 0.1) is 8.95 Å². The molecule has 0 aliphatic carbocycles. The van der Waals surface area contributed by atoms with Crippen LogP contribution in [0.1, 0.15) is 39.2 Å². The van der Waals surface area contributed by atoms with Gasteiger partial charge in [-0.05, 0) is 69.3 Å². The first-order valence-corrected chi connectivity index (χ1v) is 7.42. The van der Waals surface area contributed by atoms with Gasteiger partial charge in [0.25, 0.3) is 0 Å². The van der Waals surface area contributed by atoms with Gasteiger partial charge < -0.3 is 10.4 Å². The van der Waals surface area contributed by atoms with Crippen molar-refractivity contribution in [2.45, 2.75) is 45.7 Å². The van der Waals surface area contributed by atoms with Gasteiger partial charge in [0.15, 0.2) is 0 Å². The van der Waals surface area contributed by atoms with Crippen LogP contribution < -0.4 is 5.32 Å². The predicted octanol–water partition coefficient (Wildman–Crippen LogP) is 4.59. The minimum atomic E-state index is 0.177. The fourth-order valence-electron chi connectivity index (χ4n) is 1.54. The summed E-state index contributed by atoms with van der Waals surface area (Å²) in [5, 5.41) is 13.2. The molecule has 0 aromatic heterocycles. The Hall–Kier alpha value is -0.0600. The van der Waals surface area contributed by atoms with E-state index >= 15 is 0 Å². The van der Waals surface area contributed by atoms with Crippen LogP contribution in [0.2, 0.25) is 0 Å². The van der Waals surface area contributed by atoms with Gasteiger partial charge in [-0.25, -0.2) is 0 Å². The van der Waals surface area contributed by atoms with Crippen LogP contribution in [0.25, 0.3) is 0 Å². The highest BCUT2D eigenvalue weighted by Crippen LogP contribution is 2.33. The van der Waals surface area contributed by atoms with Gasteiger partial charge in [-0.1, -0.05) is 13.8 Å². The third kappa shape index (κ3) is 3.97. The summed E-state index contributed by atoms with van der Waals surface area (Å²) in [6.45, 7) is 7.42. The van der Waals surface area contributed by atoms with Gasteiger partial charge in [0, 0.05) is 12.1 Å². The quantitative estimate of drug-likeness (QED) is 0.801. The van der Waals surface area contributed by atoms with Crippen molar-refractivity contribution in [2.24, 2.45) is 0 Å². The third-order valence-corrected chi connectivity index (χ3v) is 4.57. The number of phenolic OH excluding ortho intramolecular Hbond substituents is 1. The molecule has 96 valence electrons. The number of hydrogen-bond donors (Lipinski definition) is 2. The van der Waals surface area contributed by atoms with E-state index in [0.717, 1.165) is 33.9 Å². The number of benzene rings is 1. The van der Waals surface area contributed by atoms with Gasteiger partial charge in [-0.3, -0.25) is 0 Å². The van der Waals surface area contributed by atoms with Gasteiger partial charge in [0.1, 0.15) is 5.75 Å². The second kappa shape index (κ2) is 6.21. The number of halogens is 2. The summed E-state index contributed by atoms with van der Waals surface area (Å²) >= 11 is 6.69. The summed E-state index contributed by atoms with van der Waals surface area (Å²) < 4.78 is 1.44. The molecular weight excluding hydrogens is 346 g/mol. The Morgan fingerprint density at radius 3 is 2.06 bits per heavy atom. The molecule has 2 N–H and O–H groups in total.